The predicted octanol–water partition coefficient (Wildman–Crippen LogP) is 3.62. The van der Waals surface area contributed by atoms with Gasteiger partial charge in [0, 0.05) is 15.2 Å². The molecule has 1 aliphatic carbocycles. The van der Waals surface area contributed by atoms with Crippen LogP contribution in [0, 0.1) is 0 Å². The fraction of sp³-hybridized carbons (Fsp3) is 0.333. The van der Waals surface area contributed by atoms with E-state index in [9.17, 15) is 4.79 Å². The summed E-state index contributed by atoms with van der Waals surface area (Å²) in [6, 6.07) is 1.77. The first kappa shape index (κ1) is 12.2. The third-order valence-corrected chi connectivity index (χ3v) is 5.31. The molecule has 0 aliphatic heterocycles. The highest BCUT2D eigenvalue weighted by atomic mass is 32.1. The Labute approximate surface area is 119 Å². The average Bonchev–Trinajstić information content (AvgIpc) is 2.94. The van der Waals surface area contributed by atoms with Gasteiger partial charge in [-0.1, -0.05) is 0 Å². The molecule has 0 fully saturated rings. The van der Waals surface area contributed by atoms with E-state index >= 15 is 0 Å². The van der Waals surface area contributed by atoms with Crippen molar-refractivity contribution in [2.75, 3.05) is 5.32 Å². The summed E-state index contributed by atoms with van der Waals surface area (Å²) in [6.07, 6.45) is 4.58. The minimum Gasteiger partial charge on any atom is -0.297 e. The largest absolute Gasteiger partial charge is 0.297 e. The fourth-order valence-electron chi connectivity index (χ4n) is 2.01. The monoisotopic (exact) mass is 296 g/mol. The molecule has 0 atom stereocenters. The fourth-order valence-corrected chi connectivity index (χ4v) is 4.10. The van der Waals surface area contributed by atoms with Gasteiger partial charge in [-0.25, -0.2) is 4.98 Å². The Bertz CT molecular complexity index is 564. The minimum absolute atomic E-state index is 0.0913. The Balaban J connectivity index is 1.76. The number of aromatic nitrogens is 1. The number of nitrogens with zero attached hydrogens (tertiary/aromatic N) is 1. The Hall–Kier alpha value is -0.850. The lowest BCUT2D eigenvalue weighted by atomic mass is 10.0. The second-order valence-corrected chi connectivity index (χ2v) is 6.73. The number of hydrogen-bond donors (Lipinski definition) is 2. The Morgan fingerprint density at radius 2 is 2.22 bits per heavy atom. The molecule has 0 bridgehead atoms. The number of carbonyl (C=O) groups is 1. The minimum atomic E-state index is -0.0913. The van der Waals surface area contributed by atoms with Gasteiger partial charge in [0.25, 0.3) is 5.91 Å². The van der Waals surface area contributed by atoms with Gasteiger partial charge in [-0.3, -0.25) is 10.1 Å². The molecule has 94 valence electrons. The van der Waals surface area contributed by atoms with Crippen LogP contribution in [-0.2, 0) is 12.8 Å². The zero-order valence-electron chi connectivity index (χ0n) is 9.60. The van der Waals surface area contributed by atoms with Gasteiger partial charge in [0.05, 0.1) is 10.6 Å². The van der Waals surface area contributed by atoms with Gasteiger partial charge < -0.3 is 0 Å². The van der Waals surface area contributed by atoms with Gasteiger partial charge in [-0.05, 0) is 31.7 Å². The molecule has 0 saturated heterocycles. The number of thiazole rings is 1. The van der Waals surface area contributed by atoms with E-state index < -0.39 is 0 Å². The molecule has 2 heterocycles. The van der Waals surface area contributed by atoms with Crippen molar-refractivity contribution in [1.82, 2.24) is 4.98 Å². The maximum absolute atomic E-state index is 12.0. The maximum atomic E-state index is 12.0. The molecule has 3 rings (SSSR count). The summed E-state index contributed by atoms with van der Waals surface area (Å²) in [5, 5.41) is 5.45. The number of thiophene rings is 1. The number of thiol groups is 1. The van der Waals surface area contributed by atoms with Crippen molar-refractivity contribution in [1.29, 1.82) is 0 Å². The molecular formula is C12H12N2OS3. The highest BCUT2D eigenvalue weighted by Crippen LogP contribution is 2.30. The summed E-state index contributed by atoms with van der Waals surface area (Å²) in [4.78, 5) is 19.3. The van der Waals surface area contributed by atoms with Crippen molar-refractivity contribution in [3.05, 3.63) is 26.9 Å². The molecular weight excluding hydrogens is 284 g/mol. The van der Waals surface area contributed by atoms with Crippen molar-refractivity contribution in [3.63, 3.8) is 0 Å². The van der Waals surface area contributed by atoms with Crippen LogP contribution in [0.4, 0.5) is 5.13 Å². The van der Waals surface area contributed by atoms with Crippen LogP contribution >= 0.6 is 35.3 Å². The van der Waals surface area contributed by atoms with Crippen LogP contribution in [0.2, 0.25) is 0 Å². The quantitative estimate of drug-likeness (QED) is 0.831. The SMILES string of the molecule is O=C(Nc1nc2c(s1)CCCC2)c1cc(S)cs1. The Morgan fingerprint density at radius 1 is 1.39 bits per heavy atom. The van der Waals surface area contributed by atoms with E-state index in [4.69, 9.17) is 0 Å². The normalized spacial score (nSPS) is 14.3. The van der Waals surface area contributed by atoms with E-state index in [2.05, 4.69) is 22.9 Å². The van der Waals surface area contributed by atoms with Crippen LogP contribution in [-0.4, -0.2) is 10.9 Å². The van der Waals surface area contributed by atoms with Crippen molar-refractivity contribution in [2.45, 2.75) is 30.6 Å². The number of carbonyl (C=O) groups excluding carboxylic acids is 1. The number of anilines is 1. The maximum Gasteiger partial charge on any atom is 0.267 e. The highest BCUT2D eigenvalue weighted by Gasteiger charge is 2.17. The molecule has 6 heteroatoms. The van der Waals surface area contributed by atoms with Gasteiger partial charge in [-0.15, -0.1) is 35.3 Å². The van der Waals surface area contributed by atoms with E-state index in [0.717, 1.165) is 22.9 Å². The van der Waals surface area contributed by atoms with Gasteiger partial charge in [-0.2, -0.15) is 0 Å². The standard InChI is InChI=1S/C12H12N2OS3/c15-11(10-5-7(16)6-17-10)14-12-13-8-3-1-2-4-9(8)18-12/h5-6,16H,1-4H2,(H,13,14,15). The van der Waals surface area contributed by atoms with E-state index in [1.807, 2.05) is 5.38 Å². The Morgan fingerprint density at radius 3 is 2.94 bits per heavy atom. The molecule has 2 aromatic heterocycles. The molecule has 18 heavy (non-hydrogen) atoms. The molecule has 0 aromatic carbocycles. The molecule has 3 nitrogen and oxygen atoms in total. The molecule has 1 amide bonds. The third-order valence-electron chi connectivity index (χ3n) is 2.88. The van der Waals surface area contributed by atoms with Crippen LogP contribution in [0.5, 0.6) is 0 Å². The number of aryl methyl sites for hydroxylation is 2. The molecule has 0 unspecified atom stereocenters. The van der Waals surface area contributed by atoms with Crippen LogP contribution in [0.3, 0.4) is 0 Å². The van der Waals surface area contributed by atoms with Gasteiger partial charge in [0.2, 0.25) is 0 Å². The van der Waals surface area contributed by atoms with Crippen molar-refractivity contribution >= 4 is 46.3 Å². The number of fused-ring (bicyclic) bond motifs is 1. The average molecular weight is 296 g/mol. The van der Waals surface area contributed by atoms with Crippen LogP contribution in [0.1, 0.15) is 33.1 Å². The molecule has 0 radical (unpaired) electrons. The first-order valence-corrected chi connectivity index (χ1v) is 7.94. The zero-order valence-corrected chi connectivity index (χ0v) is 12.1. The summed E-state index contributed by atoms with van der Waals surface area (Å²) < 4.78 is 0. The number of amides is 1. The van der Waals surface area contributed by atoms with Crippen molar-refractivity contribution in [3.8, 4) is 0 Å². The summed E-state index contributed by atoms with van der Waals surface area (Å²) >= 11 is 7.21. The first-order chi connectivity index (χ1) is 8.72. The molecule has 1 N–H and O–H groups in total. The summed E-state index contributed by atoms with van der Waals surface area (Å²) in [5.41, 5.74) is 1.17. The number of nitrogens with one attached hydrogen (secondary N) is 1. The van der Waals surface area contributed by atoms with E-state index in [1.165, 1.54) is 34.7 Å². The number of hydrogen-bond acceptors (Lipinski definition) is 5. The lowest BCUT2D eigenvalue weighted by molar-refractivity contribution is 0.103. The molecule has 2 aromatic rings. The second kappa shape index (κ2) is 5.03. The van der Waals surface area contributed by atoms with Crippen molar-refractivity contribution < 1.29 is 4.79 Å². The summed E-state index contributed by atoms with van der Waals surface area (Å²) in [6.45, 7) is 0. The first-order valence-electron chi connectivity index (χ1n) is 5.80. The lowest BCUT2D eigenvalue weighted by Gasteiger charge is -2.06. The van der Waals surface area contributed by atoms with Gasteiger partial charge in [0.1, 0.15) is 0 Å². The highest BCUT2D eigenvalue weighted by molar-refractivity contribution is 7.80. The smallest absolute Gasteiger partial charge is 0.267 e. The zero-order chi connectivity index (χ0) is 12.5. The topological polar surface area (TPSA) is 42.0 Å². The van der Waals surface area contributed by atoms with Gasteiger partial charge in [0.15, 0.2) is 5.13 Å². The molecule has 1 aliphatic rings. The van der Waals surface area contributed by atoms with Crippen LogP contribution < -0.4 is 5.32 Å². The van der Waals surface area contributed by atoms with E-state index in [0.29, 0.717) is 4.88 Å². The van der Waals surface area contributed by atoms with Crippen LogP contribution in [0.25, 0.3) is 0 Å². The molecule has 0 spiro atoms. The van der Waals surface area contributed by atoms with Crippen LogP contribution in [0.15, 0.2) is 16.3 Å². The summed E-state index contributed by atoms with van der Waals surface area (Å²) in [5.74, 6) is -0.0913. The third kappa shape index (κ3) is 2.46. The van der Waals surface area contributed by atoms with E-state index in [-0.39, 0.29) is 5.91 Å². The summed E-state index contributed by atoms with van der Waals surface area (Å²) in [7, 11) is 0. The second-order valence-electron chi connectivity index (χ2n) is 4.22. The van der Waals surface area contributed by atoms with Crippen molar-refractivity contribution in [2.24, 2.45) is 0 Å². The molecule has 0 saturated carbocycles. The predicted molar refractivity (Wildman–Crippen MR) is 78.3 cm³/mol. The lowest BCUT2D eigenvalue weighted by Crippen LogP contribution is -2.09. The van der Waals surface area contributed by atoms with E-state index in [1.54, 1.807) is 17.4 Å². The van der Waals surface area contributed by atoms with Gasteiger partial charge >= 0.3 is 0 Å². The Kier molecular flexibility index (Phi) is 3.41. The number of rotatable bonds is 2.